The van der Waals surface area contributed by atoms with Gasteiger partial charge < -0.3 is 15.0 Å². The van der Waals surface area contributed by atoms with Crippen molar-refractivity contribution in [1.82, 2.24) is 29.7 Å². The molecule has 2 N–H and O–H groups in total. The monoisotopic (exact) mass is 381 g/mol. The number of imidazole rings is 1. The summed E-state index contributed by atoms with van der Waals surface area (Å²) < 4.78 is 41.1. The molecule has 3 aromatic rings. The van der Waals surface area contributed by atoms with E-state index in [9.17, 15) is 13.2 Å². The lowest BCUT2D eigenvalue weighted by molar-refractivity contribution is -0.144. The topological polar surface area (TPSA) is 95.8 Å². The molecule has 3 aromatic heterocycles. The highest BCUT2D eigenvalue weighted by molar-refractivity contribution is 5.83. The molecule has 8 nitrogen and oxygen atoms in total. The molecule has 4 heterocycles. The van der Waals surface area contributed by atoms with Crippen molar-refractivity contribution >= 4 is 17.0 Å². The van der Waals surface area contributed by atoms with Crippen molar-refractivity contribution in [2.24, 2.45) is 0 Å². The largest absolute Gasteiger partial charge is 0.451 e. The number of rotatable bonds is 4. The molecule has 0 radical (unpaired) electrons. The van der Waals surface area contributed by atoms with Gasteiger partial charge in [-0.2, -0.15) is 18.3 Å². The Bertz CT molecular complexity index is 928. The summed E-state index contributed by atoms with van der Waals surface area (Å²) >= 11 is 0. The maximum atomic E-state index is 13.1. The van der Waals surface area contributed by atoms with E-state index in [0.29, 0.717) is 25.2 Å². The lowest BCUT2D eigenvalue weighted by Crippen LogP contribution is -2.35. The lowest BCUT2D eigenvalue weighted by atomic mass is 9.93. The minimum atomic E-state index is -4.63. The maximum absolute atomic E-state index is 13.1. The van der Waals surface area contributed by atoms with Gasteiger partial charge >= 0.3 is 6.18 Å². The average Bonchev–Trinajstić information content (AvgIpc) is 3.29. The van der Waals surface area contributed by atoms with Gasteiger partial charge in [-0.25, -0.2) is 15.0 Å². The van der Waals surface area contributed by atoms with Crippen LogP contribution in [-0.2, 0) is 12.7 Å². The fraction of sp³-hybridized carbons (Fsp3) is 0.500. The Kier molecular flexibility index (Phi) is 4.46. The second kappa shape index (κ2) is 6.80. The molecule has 0 saturated carbocycles. The van der Waals surface area contributed by atoms with Gasteiger partial charge in [0, 0.05) is 30.9 Å². The minimum Gasteiger partial charge on any atom is -0.394 e. The number of halogens is 3. The van der Waals surface area contributed by atoms with Crippen molar-refractivity contribution in [3.05, 3.63) is 30.1 Å². The van der Waals surface area contributed by atoms with Crippen molar-refractivity contribution in [3.8, 4) is 0 Å². The number of aromatic amines is 1. The number of aliphatic hydroxyl groups excluding tert-OH is 1. The summed E-state index contributed by atoms with van der Waals surface area (Å²) in [5, 5.41) is 13.4. The van der Waals surface area contributed by atoms with Crippen LogP contribution in [-0.4, -0.2) is 54.5 Å². The van der Waals surface area contributed by atoms with Crippen LogP contribution in [0.15, 0.2) is 18.6 Å². The summed E-state index contributed by atoms with van der Waals surface area (Å²) in [5.74, 6) is -0.719. The summed E-state index contributed by atoms with van der Waals surface area (Å²) in [6.45, 7) is 1.54. The molecule has 144 valence electrons. The van der Waals surface area contributed by atoms with E-state index in [-0.39, 0.29) is 24.0 Å². The van der Waals surface area contributed by atoms with E-state index in [1.807, 2.05) is 11.0 Å². The van der Waals surface area contributed by atoms with Gasteiger partial charge in [-0.15, -0.1) is 0 Å². The van der Waals surface area contributed by atoms with Crippen molar-refractivity contribution in [1.29, 1.82) is 0 Å². The summed E-state index contributed by atoms with van der Waals surface area (Å²) in [6.07, 6.45) is -0.109. The van der Waals surface area contributed by atoms with Gasteiger partial charge in [0.2, 0.25) is 5.82 Å². The number of aliphatic hydroxyl groups is 1. The third-order valence-corrected chi connectivity index (χ3v) is 4.79. The predicted molar refractivity (Wildman–Crippen MR) is 90.2 cm³/mol. The maximum Gasteiger partial charge on any atom is 0.451 e. The Balaban J connectivity index is 1.58. The van der Waals surface area contributed by atoms with Crippen LogP contribution >= 0.6 is 0 Å². The first-order chi connectivity index (χ1) is 13.0. The van der Waals surface area contributed by atoms with Crippen molar-refractivity contribution < 1.29 is 18.3 Å². The van der Waals surface area contributed by atoms with Crippen molar-refractivity contribution in [3.63, 3.8) is 0 Å². The van der Waals surface area contributed by atoms with Crippen LogP contribution in [0, 0.1) is 0 Å². The summed E-state index contributed by atoms with van der Waals surface area (Å²) in [7, 11) is 0. The summed E-state index contributed by atoms with van der Waals surface area (Å²) in [4.78, 5) is 15.8. The molecule has 27 heavy (non-hydrogen) atoms. The zero-order valence-electron chi connectivity index (χ0n) is 14.3. The van der Waals surface area contributed by atoms with Crippen molar-refractivity contribution in [2.45, 2.75) is 31.5 Å². The number of hydrogen-bond acceptors (Lipinski definition) is 6. The number of aromatic nitrogens is 6. The molecule has 0 bridgehead atoms. The first kappa shape index (κ1) is 17.7. The zero-order valence-corrected chi connectivity index (χ0v) is 14.3. The molecule has 1 saturated heterocycles. The molecular weight excluding hydrogens is 363 g/mol. The zero-order chi connectivity index (χ0) is 19.0. The van der Waals surface area contributed by atoms with Gasteiger partial charge in [0.15, 0.2) is 11.5 Å². The highest BCUT2D eigenvalue weighted by Gasteiger charge is 2.37. The van der Waals surface area contributed by atoms with E-state index >= 15 is 0 Å². The standard InChI is InChI=1S/C16H18F3N7O/c17-16(18,19)15-23-13-12(20-9-21-13)14(24-15)25-5-2-10(3-6-25)11-1-4-22-26(11)7-8-27/h1,4,9-10,27H,2-3,5-8H2,(H,20,21,23,24). The molecule has 1 fully saturated rings. The first-order valence-electron chi connectivity index (χ1n) is 8.63. The number of fused-ring (bicyclic) bond motifs is 1. The van der Waals surface area contributed by atoms with Crippen molar-refractivity contribution in [2.75, 3.05) is 24.6 Å². The molecule has 0 aromatic carbocycles. The minimum absolute atomic E-state index is 0.00643. The fourth-order valence-electron chi connectivity index (χ4n) is 3.53. The van der Waals surface area contributed by atoms with Crippen LogP contribution in [0.5, 0.6) is 0 Å². The van der Waals surface area contributed by atoms with E-state index < -0.39 is 12.0 Å². The third kappa shape index (κ3) is 3.34. The summed E-state index contributed by atoms with van der Waals surface area (Å²) in [6, 6.07) is 1.93. The van der Waals surface area contributed by atoms with E-state index in [1.54, 1.807) is 10.9 Å². The molecule has 4 rings (SSSR count). The molecule has 11 heteroatoms. The number of nitrogens with zero attached hydrogens (tertiary/aromatic N) is 6. The second-order valence-electron chi connectivity index (χ2n) is 6.43. The Morgan fingerprint density at radius 1 is 1.22 bits per heavy atom. The number of nitrogens with one attached hydrogen (secondary N) is 1. The Morgan fingerprint density at radius 3 is 2.70 bits per heavy atom. The first-order valence-corrected chi connectivity index (χ1v) is 8.63. The highest BCUT2D eigenvalue weighted by atomic mass is 19.4. The molecule has 1 aliphatic heterocycles. The van der Waals surface area contributed by atoms with Crippen LogP contribution in [0.25, 0.3) is 11.2 Å². The van der Waals surface area contributed by atoms with Gasteiger partial charge in [0.25, 0.3) is 0 Å². The normalized spacial score (nSPS) is 16.4. The number of alkyl halides is 3. The van der Waals surface area contributed by atoms with Gasteiger partial charge in [-0.1, -0.05) is 0 Å². The average molecular weight is 381 g/mol. The SMILES string of the molecule is OCCn1nccc1C1CCN(c2nc(C(F)(F)F)nc3nc[nH]c23)CC1. The number of H-pyrrole nitrogens is 1. The number of hydrogen-bond donors (Lipinski definition) is 2. The smallest absolute Gasteiger partial charge is 0.394 e. The van der Waals surface area contributed by atoms with Crippen LogP contribution in [0.2, 0.25) is 0 Å². The van der Waals surface area contributed by atoms with E-state index in [0.717, 1.165) is 18.5 Å². The molecular formula is C16H18F3N7O. The Hall–Kier alpha value is -2.69. The van der Waals surface area contributed by atoms with E-state index in [2.05, 4.69) is 25.0 Å². The van der Waals surface area contributed by atoms with Gasteiger partial charge in [0.05, 0.1) is 19.5 Å². The number of piperidine rings is 1. The van der Waals surface area contributed by atoms with Gasteiger partial charge in [0.1, 0.15) is 5.52 Å². The van der Waals surface area contributed by atoms with Crippen LogP contribution < -0.4 is 4.90 Å². The molecule has 0 spiro atoms. The third-order valence-electron chi connectivity index (χ3n) is 4.79. The van der Waals surface area contributed by atoms with E-state index in [1.165, 1.54) is 6.33 Å². The van der Waals surface area contributed by atoms with Crippen LogP contribution in [0.1, 0.15) is 30.3 Å². The fourth-order valence-corrected chi connectivity index (χ4v) is 3.53. The van der Waals surface area contributed by atoms with E-state index in [4.69, 9.17) is 5.11 Å². The predicted octanol–water partition coefficient (Wildman–Crippen LogP) is 1.94. The quantitative estimate of drug-likeness (QED) is 0.717. The number of anilines is 1. The van der Waals surface area contributed by atoms with Gasteiger partial charge in [-0.3, -0.25) is 4.68 Å². The van der Waals surface area contributed by atoms with Gasteiger partial charge in [-0.05, 0) is 18.9 Å². The van der Waals surface area contributed by atoms with Crippen LogP contribution in [0.4, 0.5) is 19.0 Å². The Labute approximate surface area is 152 Å². The second-order valence-corrected chi connectivity index (χ2v) is 6.43. The van der Waals surface area contributed by atoms with Crippen LogP contribution in [0.3, 0.4) is 0 Å². The molecule has 0 unspecified atom stereocenters. The molecule has 1 aliphatic rings. The summed E-state index contributed by atoms with van der Waals surface area (Å²) in [5.41, 5.74) is 1.45. The lowest BCUT2D eigenvalue weighted by Gasteiger charge is -2.33. The molecule has 0 amide bonds. The molecule has 0 atom stereocenters. The highest BCUT2D eigenvalue weighted by Crippen LogP contribution is 2.34. The Morgan fingerprint density at radius 2 is 2.00 bits per heavy atom. The molecule has 0 aliphatic carbocycles.